The molecule has 1 N–H and O–H groups in total. The third-order valence-electron chi connectivity index (χ3n) is 14.6. The van der Waals surface area contributed by atoms with E-state index in [1.54, 1.807) is 0 Å². The lowest BCUT2D eigenvalue weighted by atomic mass is 10.0. The first-order valence-corrected chi connectivity index (χ1v) is 33.8. The van der Waals surface area contributed by atoms with Crippen LogP contribution in [0.15, 0.2) is 85.1 Å². The molecule has 0 aromatic heterocycles. The van der Waals surface area contributed by atoms with Gasteiger partial charge in [0.1, 0.15) is 13.2 Å². The quantitative estimate of drug-likeness (QED) is 0.0211. The minimum absolute atomic E-state index is 0.184. The van der Waals surface area contributed by atoms with Crippen LogP contribution in [0.3, 0.4) is 0 Å². The maximum atomic E-state index is 12.9. The molecule has 0 aliphatic carbocycles. The van der Waals surface area contributed by atoms with Crippen molar-refractivity contribution in [2.45, 2.75) is 309 Å². The van der Waals surface area contributed by atoms with Crippen LogP contribution in [0.5, 0.6) is 0 Å². The van der Waals surface area contributed by atoms with Gasteiger partial charge in [-0.05, 0) is 83.5 Å². The van der Waals surface area contributed by atoms with Crippen molar-refractivity contribution >= 4 is 17.9 Å². The van der Waals surface area contributed by atoms with Crippen LogP contribution in [-0.4, -0.2) is 87.4 Å². The summed E-state index contributed by atoms with van der Waals surface area (Å²) in [7, 11) is 5.97. The third-order valence-corrected chi connectivity index (χ3v) is 14.6. The molecule has 2 atom stereocenters. The van der Waals surface area contributed by atoms with Gasteiger partial charge in [0.15, 0.2) is 6.10 Å². The first-order valence-electron chi connectivity index (χ1n) is 33.8. The number of carbonyl (C=O) groups is 3. The Morgan fingerprint density at radius 3 is 0.988 bits per heavy atom. The second kappa shape index (κ2) is 62.5. The standard InChI is InChI=1S/C72H127NO8/c1-6-8-10-12-14-16-18-20-22-23-24-25-26-27-28-29-30-31-32-33-34-35-36-37-38-39-40-41-42-43-44-45-46-47-49-51-53-55-57-59-61-63-70(75)81-68(67-80-72(71(76)77)78-65-64-73(3,4)5)66-79-69(74)62-60-58-56-54-52-50-48-21-19-17-15-13-11-9-7-2/h8-11,14-17,20-22,24-25,48,68,72H,6-7,12-13,18-19,23,26-47,49-67H2,1-5H3/p+1/b10-8-,11-9-,16-14-,17-15-,22-20-,25-24-,48-21-. The number of esters is 2. The molecule has 9 heteroatoms. The summed E-state index contributed by atoms with van der Waals surface area (Å²) in [5, 5.41) is 9.71. The minimum Gasteiger partial charge on any atom is -0.477 e. The fourth-order valence-corrected chi connectivity index (χ4v) is 9.55. The highest BCUT2D eigenvalue weighted by Crippen LogP contribution is 2.18. The lowest BCUT2D eigenvalue weighted by Crippen LogP contribution is -2.40. The Morgan fingerprint density at radius 2 is 0.667 bits per heavy atom. The van der Waals surface area contributed by atoms with Gasteiger partial charge in [-0.15, -0.1) is 0 Å². The number of aliphatic carboxylic acids is 1. The largest absolute Gasteiger partial charge is 0.477 e. The zero-order valence-electron chi connectivity index (χ0n) is 53.4. The second-order valence-corrected chi connectivity index (χ2v) is 23.7. The fourth-order valence-electron chi connectivity index (χ4n) is 9.55. The molecule has 0 saturated heterocycles. The van der Waals surface area contributed by atoms with Crippen LogP contribution >= 0.6 is 0 Å². The molecule has 0 spiro atoms. The van der Waals surface area contributed by atoms with Crippen molar-refractivity contribution in [1.29, 1.82) is 0 Å². The number of nitrogens with zero attached hydrogens (tertiary/aromatic N) is 1. The summed E-state index contributed by atoms with van der Waals surface area (Å²) in [6, 6.07) is 0. The summed E-state index contributed by atoms with van der Waals surface area (Å²) in [5.41, 5.74) is 0. The molecule has 0 radical (unpaired) electrons. The normalized spacial score (nSPS) is 13.2. The molecule has 81 heavy (non-hydrogen) atoms. The van der Waals surface area contributed by atoms with Gasteiger partial charge in [0, 0.05) is 12.8 Å². The number of likely N-dealkylation sites (N-methyl/N-ethyl adjacent to an activating group) is 1. The van der Waals surface area contributed by atoms with Crippen LogP contribution in [0, 0.1) is 0 Å². The molecule has 468 valence electrons. The van der Waals surface area contributed by atoms with Crippen molar-refractivity contribution in [2.24, 2.45) is 0 Å². The molecule has 9 nitrogen and oxygen atoms in total. The second-order valence-electron chi connectivity index (χ2n) is 23.7. The lowest BCUT2D eigenvalue weighted by molar-refractivity contribution is -0.870. The highest BCUT2D eigenvalue weighted by atomic mass is 16.7. The smallest absolute Gasteiger partial charge is 0.361 e. The van der Waals surface area contributed by atoms with E-state index in [2.05, 4.69) is 98.9 Å². The number of carboxylic acid groups (broad SMARTS) is 1. The van der Waals surface area contributed by atoms with Crippen molar-refractivity contribution in [3.05, 3.63) is 85.1 Å². The Hall–Kier alpha value is -3.53. The summed E-state index contributed by atoms with van der Waals surface area (Å²) in [6.07, 6.45) is 81.5. The molecule has 0 heterocycles. The van der Waals surface area contributed by atoms with Gasteiger partial charge in [-0.3, -0.25) is 9.59 Å². The molecule has 0 aliphatic heterocycles. The molecule has 0 fully saturated rings. The highest BCUT2D eigenvalue weighted by Gasteiger charge is 2.25. The summed E-state index contributed by atoms with van der Waals surface area (Å²) in [4.78, 5) is 37.4. The molecule has 0 aromatic rings. The number of allylic oxidation sites excluding steroid dienone is 14. The van der Waals surface area contributed by atoms with E-state index >= 15 is 0 Å². The SMILES string of the molecule is CC/C=C\C/C=C\C/C=C\C/C=C\CCCCCCCCCCCCCCCCCCCCCCCCCCCCCCC(=O)OC(COC(=O)CCCCCCC/C=C\C/C=C\C/C=C\CC)COC(OCC[N+](C)(C)C)C(=O)O. The Kier molecular flexibility index (Phi) is 59.8. The first-order chi connectivity index (χ1) is 39.6. The van der Waals surface area contributed by atoms with Crippen molar-refractivity contribution in [1.82, 2.24) is 0 Å². The van der Waals surface area contributed by atoms with Gasteiger partial charge in [0.2, 0.25) is 0 Å². The summed E-state index contributed by atoms with van der Waals surface area (Å²) in [5.74, 6) is -2.02. The molecule has 0 amide bonds. The molecule has 2 unspecified atom stereocenters. The molecule has 0 saturated carbocycles. The van der Waals surface area contributed by atoms with Crippen molar-refractivity contribution in [3.8, 4) is 0 Å². The van der Waals surface area contributed by atoms with E-state index < -0.39 is 24.3 Å². The Bertz CT molecular complexity index is 1600. The number of rotatable bonds is 62. The number of unbranched alkanes of at least 4 members (excludes halogenated alkanes) is 33. The predicted octanol–water partition coefficient (Wildman–Crippen LogP) is 20.7. The number of carboxylic acids is 1. The van der Waals surface area contributed by atoms with Crippen molar-refractivity contribution in [3.63, 3.8) is 0 Å². The number of hydrogen-bond acceptors (Lipinski definition) is 7. The topological polar surface area (TPSA) is 108 Å². The van der Waals surface area contributed by atoms with E-state index in [4.69, 9.17) is 18.9 Å². The Morgan fingerprint density at radius 1 is 0.370 bits per heavy atom. The minimum atomic E-state index is -1.52. The average Bonchev–Trinajstić information content (AvgIpc) is 3.44. The lowest BCUT2D eigenvalue weighted by Gasteiger charge is -2.25. The number of hydrogen-bond donors (Lipinski definition) is 1. The predicted molar refractivity (Wildman–Crippen MR) is 346 cm³/mol. The highest BCUT2D eigenvalue weighted by molar-refractivity contribution is 5.71. The number of quaternary nitrogens is 1. The van der Waals surface area contributed by atoms with Gasteiger partial charge in [-0.2, -0.15) is 0 Å². The molecule has 0 rings (SSSR count). The fraction of sp³-hybridized carbons (Fsp3) is 0.764. The summed E-state index contributed by atoms with van der Waals surface area (Å²) < 4.78 is 22.9. The van der Waals surface area contributed by atoms with Crippen molar-refractivity contribution in [2.75, 3.05) is 47.5 Å². The van der Waals surface area contributed by atoms with Gasteiger partial charge >= 0.3 is 17.9 Å². The van der Waals surface area contributed by atoms with Gasteiger partial charge < -0.3 is 28.5 Å². The van der Waals surface area contributed by atoms with E-state index in [9.17, 15) is 19.5 Å². The summed E-state index contributed by atoms with van der Waals surface area (Å²) in [6.45, 7) is 4.65. The number of carbonyl (C=O) groups excluding carboxylic acids is 2. The first kappa shape index (κ1) is 77.5. The Balaban J connectivity index is 3.93. The van der Waals surface area contributed by atoms with Crippen LogP contribution in [0.1, 0.15) is 296 Å². The number of ether oxygens (including phenoxy) is 4. The van der Waals surface area contributed by atoms with Crippen molar-refractivity contribution < 1.29 is 42.9 Å². The van der Waals surface area contributed by atoms with Crippen LogP contribution in [0.25, 0.3) is 0 Å². The maximum Gasteiger partial charge on any atom is 0.361 e. The summed E-state index contributed by atoms with van der Waals surface area (Å²) >= 11 is 0. The zero-order chi connectivity index (χ0) is 59.1. The van der Waals surface area contributed by atoms with Gasteiger partial charge in [0.05, 0.1) is 34.4 Å². The molecule has 0 aliphatic rings. The zero-order valence-corrected chi connectivity index (χ0v) is 53.4. The van der Waals surface area contributed by atoms with Gasteiger partial charge in [0.25, 0.3) is 6.29 Å². The van der Waals surface area contributed by atoms with E-state index in [1.807, 2.05) is 21.1 Å². The average molecular weight is 1140 g/mol. The molecular weight excluding hydrogens is 1010 g/mol. The van der Waals surface area contributed by atoms with Gasteiger partial charge in [-0.25, -0.2) is 4.79 Å². The molecule has 0 bridgehead atoms. The van der Waals surface area contributed by atoms with E-state index in [0.717, 1.165) is 103 Å². The maximum absolute atomic E-state index is 12.9. The van der Waals surface area contributed by atoms with Gasteiger partial charge in [-0.1, -0.05) is 285 Å². The van der Waals surface area contributed by atoms with Crippen LogP contribution < -0.4 is 0 Å². The van der Waals surface area contributed by atoms with Crippen LogP contribution in [-0.2, 0) is 33.3 Å². The van der Waals surface area contributed by atoms with Crippen LogP contribution in [0.2, 0.25) is 0 Å². The third kappa shape index (κ3) is 63.9. The van der Waals surface area contributed by atoms with E-state index in [0.29, 0.717) is 11.0 Å². The monoisotopic (exact) mass is 1130 g/mol. The molecular formula is C72H128NO8+. The van der Waals surface area contributed by atoms with E-state index in [-0.39, 0.29) is 38.6 Å². The Labute approximate surface area is 500 Å². The molecule has 0 aromatic carbocycles. The van der Waals surface area contributed by atoms with Crippen LogP contribution in [0.4, 0.5) is 0 Å². The van der Waals surface area contributed by atoms with E-state index in [1.165, 1.54) is 167 Å².